The summed E-state index contributed by atoms with van der Waals surface area (Å²) in [6.07, 6.45) is 0. The summed E-state index contributed by atoms with van der Waals surface area (Å²) in [7, 11) is 1.65. The van der Waals surface area contributed by atoms with Crippen LogP contribution < -0.4 is 4.74 Å². The van der Waals surface area contributed by atoms with E-state index in [4.69, 9.17) is 27.9 Å². The molecule has 2 aromatic carbocycles. The highest BCUT2D eigenvalue weighted by Gasteiger charge is 2.13. The van der Waals surface area contributed by atoms with Crippen LogP contribution in [0.1, 0.15) is 5.69 Å². The fourth-order valence-electron chi connectivity index (χ4n) is 2.29. The van der Waals surface area contributed by atoms with Gasteiger partial charge in [-0.05, 0) is 49.4 Å². The van der Waals surface area contributed by atoms with Crippen molar-refractivity contribution in [2.75, 3.05) is 7.11 Å². The van der Waals surface area contributed by atoms with Crippen LogP contribution in [0.15, 0.2) is 42.5 Å². The number of rotatable bonds is 3. The lowest BCUT2D eigenvalue weighted by atomic mass is 10.1. The van der Waals surface area contributed by atoms with Gasteiger partial charge in [0.1, 0.15) is 11.6 Å². The van der Waals surface area contributed by atoms with E-state index in [9.17, 15) is 0 Å². The summed E-state index contributed by atoms with van der Waals surface area (Å²) in [6.45, 7) is 1.97. The van der Waals surface area contributed by atoms with E-state index in [1.54, 1.807) is 13.2 Å². The number of aromatic amines is 1. The Morgan fingerprint density at radius 1 is 1.05 bits per heavy atom. The molecule has 22 heavy (non-hydrogen) atoms. The topological polar surface area (TPSA) is 37.9 Å². The Bertz CT molecular complexity index is 810. The van der Waals surface area contributed by atoms with Crippen molar-refractivity contribution >= 4 is 23.2 Å². The van der Waals surface area contributed by atoms with Crippen LogP contribution in [-0.4, -0.2) is 17.1 Å². The van der Waals surface area contributed by atoms with Crippen molar-refractivity contribution in [1.82, 2.24) is 9.97 Å². The van der Waals surface area contributed by atoms with E-state index in [1.807, 2.05) is 43.3 Å². The van der Waals surface area contributed by atoms with Gasteiger partial charge in [0.25, 0.3) is 0 Å². The van der Waals surface area contributed by atoms with Crippen LogP contribution in [0.5, 0.6) is 5.75 Å². The van der Waals surface area contributed by atoms with E-state index in [0.29, 0.717) is 10.0 Å². The van der Waals surface area contributed by atoms with Crippen molar-refractivity contribution in [3.8, 4) is 28.4 Å². The zero-order chi connectivity index (χ0) is 15.7. The molecule has 1 aromatic heterocycles. The highest BCUT2D eigenvalue weighted by Crippen LogP contribution is 2.32. The quantitative estimate of drug-likeness (QED) is 0.700. The number of methoxy groups -OCH3 is 1. The van der Waals surface area contributed by atoms with Gasteiger partial charge >= 0.3 is 0 Å². The van der Waals surface area contributed by atoms with E-state index in [0.717, 1.165) is 34.1 Å². The monoisotopic (exact) mass is 332 g/mol. The second-order valence-electron chi connectivity index (χ2n) is 4.91. The number of hydrogen-bond donors (Lipinski definition) is 1. The number of aryl methyl sites for hydroxylation is 1. The lowest BCUT2D eigenvalue weighted by Gasteiger charge is -2.02. The van der Waals surface area contributed by atoms with E-state index >= 15 is 0 Å². The van der Waals surface area contributed by atoms with Gasteiger partial charge in [0, 0.05) is 21.8 Å². The molecule has 5 heteroatoms. The summed E-state index contributed by atoms with van der Waals surface area (Å²) < 4.78 is 5.17. The zero-order valence-electron chi connectivity index (χ0n) is 12.2. The van der Waals surface area contributed by atoms with Crippen LogP contribution in [0, 0.1) is 6.92 Å². The summed E-state index contributed by atoms with van der Waals surface area (Å²) >= 11 is 12.2. The molecule has 1 heterocycles. The Morgan fingerprint density at radius 2 is 1.77 bits per heavy atom. The van der Waals surface area contributed by atoms with Crippen LogP contribution >= 0.6 is 23.2 Å². The van der Waals surface area contributed by atoms with Crippen molar-refractivity contribution in [3.05, 3.63) is 58.2 Å². The molecule has 0 amide bonds. The van der Waals surface area contributed by atoms with Crippen LogP contribution in [0.4, 0.5) is 0 Å². The molecule has 3 rings (SSSR count). The first-order valence-electron chi connectivity index (χ1n) is 6.75. The van der Waals surface area contributed by atoms with Crippen molar-refractivity contribution in [2.24, 2.45) is 0 Å². The molecular weight excluding hydrogens is 319 g/mol. The third-order valence-corrected chi connectivity index (χ3v) is 3.98. The molecular formula is C17H14Cl2N2O. The molecule has 3 nitrogen and oxygen atoms in total. The van der Waals surface area contributed by atoms with Crippen LogP contribution in [0.25, 0.3) is 22.6 Å². The fourth-order valence-corrected chi connectivity index (χ4v) is 2.79. The number of imidazole rings is 1. The van der Waals surface area contributed by atoms with E-state index in [1.165, 1.54) is 0 Å². The number of H-pyrrole nitrogens is 1. The molecule has 3 aromatic rings. The van der Waals surface area contributed by atoms with E-state index < -0.39 is 0 Å². The first kappa shape index (κ1) is 14.9. The number of nitrogens with one attached hydrogen (secondary N) is 1. The van der Waals surface area contributed by atoms with Gasteiger partial charge in [0.15, 0.2) is 0 Å². The molecule has 0 aliphatic rings. The molecule has 0 bridgehead atoms. The Labute approximate surface area is 138 Å². The van der Waals surface area contributed by atoms with Crippen LogP contribution in [0.2, 0.25) is 10.0 Å². The molecule has 0 spiro atoms. The normalized spacial score (nSPS) is 10.7. The minimum absolute atomic E-state index is 0.586. The molecule has 0 atom stereocenters. The largest absolute Gasteiger partial charge is 0.497 e. The van der Waals surface area contributed by atoms with Crippen LogP contribution in [0.3, 0.4) is 0 Å². The standard InChI is InChI=1S/C17H14Cl2N2O/c1-10-16(14-8-5-12(18)9-15(14)19)21-17(20-10)11-3-6-13(22-2)7-4-11/h3-9H,1-2H3,(H,20,21). The Balaban J connectivity index is 2.03. The summed E-state index contributed by atoms with van der Waals surface area (Å²) in [5.41, 5.74) is 3.63. The van der Waals surface area contributed by atoms with Crippen molar-refractivity contribution in [2.45, 2.75) is 6.92 Å². The molecule has 0 saturated carbocycles. The number of halogens is 2. The van der Waals surface area contributed by atoms with Crippen LogP contribution in [-0.2, 0) is 0 Å². The van der Waals surface area contributed by atoms with E-state index in [-0.39, 0.29) is 0 Å². The second-order valence-corrected chi connectivity index (χ2v) is 5.76. The number of nitrogens with zero attached hydrogens (tertiary/aromatic N) is 1. The predicted molar refractivity (Wildman–Crippen MR) is 90.8 cm³/mol. The Kier molecular flexibility index (Phi) is 4.10. The maximum absolute atomic E-state index is 6.28. The number of hydrogen-bond acceptors (Lipinski definition) is 2. The molecule has 0 saturated heterocycles. The molecule has 1 N–H and O–H groups in total. The average Bonchev–Trinajstić information content (AvgIpc) is 2.89. The average molecular weight is 333 g/mol. The minimum atomic E-state index is 0.586. The first-order valence-corrected chi connectivity index (χ1v) is 7.50. The maximum Gasteiger partial charge on any atom is 0.138 e. The van der Waals surface area contributed by atoms with Gasteiger partial charge in [-0.3, -0.25) is 0 Å². The van der Waals surface area contributed by atoms with Crippen molar-refractivity contribution in [3.63, 3.8) is 0 Å². The third kappa shape index (κ3) is 2.82. The molecule has 0 unspecified atom stereocenters. The highest BCUT2D eigenvalue weighted by molar-refractivity contribution is 6.36. The van der Waals surface area contributed by atoms with Gasteiger partial charge in [-0.1, -0.05) is 23.2 Å². The van der Waals surface area contributed by atoms with Gasteiger partial charge in [-0.25, -0.2) is 4.98 Å². The number of benzene rings is 2. The Hall–Kier alpha value is -1.97. The summed E-state index contributed by atoms with van der Waals surface area (Å²) in [6, 6.07) is 13.1. The van der Waals surface area contributed by atoms with Gasteiger partial charge in [0.05, 0.1) is 17.8 Å². The highest BCUT2D eigenvalue weighted by atomic mass is 35.5. The summed E-state index contributed by atoms with van der Waals surface area (Å²) in [5, 5.41) is 1.20. The lowest BCUT2D eigenvalue weighted by Crippen LogP contribution is -1.84. The smallest absolute Gasteiger partial charge is 0.138 e. The zero-order valence-corrected chi connectivity index (χ0v) is 13.7. The first-order chi connectivity index (χ1) is 10.6. The summed E-state index contributed by atoms with van der Waals surface area (Å²) in [4.78, 5) is 7.97. The Morgan fingerprint density at radius 3 is 2.41 bits per heavy atom. The van der Waals surface area contributed by atoms with Gasteiger partial charge in [-0.15, -0.1) is 0 Å². The molecule has 0 fully saturated rings. The fraction of sp³-hybridized carbons (Fsp3) is 0.118. The number of ether oxygens (including phenoxy) is 1. The molecule has 0 radical (unpaired) electrons. The number of aromatic nitrogens is 2. The SMILES string of the molecule is COc1ccc(-c2nc(-c3ccc(Cl)cc3Cl)c(C)[nH]2)cc1. The second kappa shape index (κ2) is 6.03. The van der Waals surface area contributed by atoms with Crippen molar-refractivity contribution < 1.29 is 4.74 Å². The minimum Gasteiger partial charge on any atom is -0.497 e. The third-order valence-electron chi connectivity index (χ3n) is 3.43. The molecule has 112 valence electrons. The van der Waals surface area contributed by atoms with Gasteiger partial charge in [0.2, 0.25) is 0 Å². The van der Waals surface area contributed by atoms with Gasteiger partial charge < -0.3 is 9.72 Å². The van der Waals surface area contributed by atoms with Gasteiger partial charge in [-0.2, -0.15) is 0 Å². The summed E-state index contributed by atoms with van der Waals surface area (Å²) in [5.74, 6) is 1.61. The lowest BCUT2D eigenvalue weighted by molar-refractivity contribution is 0.415. The van der Waals surface area contributed by atoms with E-state index in [2.05, 4.69) is 9.97 Å². The predicted octanol–water partition coefficient (Wildman–Crippen LogP) is 5.37. The molecule has 0 aliphatic carbocycles. The molecule has 0 aliphatic heterocycles. The van der Waals surface area contributed by atoms with Crippen molar-refractivity contribution in [1.29, 1.82) is 0 Å². The maximum atomic E-state index is 6.28.